The number of nitrogens with zero attached hydrogens (tertiary/aromatic N) is 2. The lowest BCUT2D eigenvalue weighted by Gasteiger charge is -2.06. The van der Waals surface area contributed by atoms with Gasteiger partial charge in [0.1, 0.15) is 0 Å². The molecule has 98 valence electrons. The zero-order valence-electron chi connectivity index (χ0n) is 10.2. The maximum absolute atomic E-state index is 12.1. The molecule has 0 aliphatic carbocycles. The summed E-state index contributed by atoms with van der Waals surface area (Å²) in [6.07, 6.45) is 1.36. The minimum atomic E-state index is -0.534. The van der Waals surface area contributed by atoms with Crippen molar-refractivity contribution in [1.29, 1.82) is 0 Å². The highest BCUT2D eigenvalue weighted by atomic mass is 35.5. The molecule has 0 N–H and O–H groups in total. The highest BCUT2D eigenvalue weighted by Crippen LogP contribution is 2.15. The molecule has 1 aromatic carbocycles. The zero-order chi connectivity index (χ0) is 14.0. The number of hydrogen-bond donors (Lipinski definition) is 0. The first-order chi connectivity index (χ1) is 9.00. The van der Waals surface area contributed by atoms with Crippen molar-refractivity contribution in [3.63, 3.8) is 0 Å². The van der Waals surface area contributed by atoms with Gasteiger partial charge in [0.15, 0.2) is 5.78 Å². The minimum absolute atomic E-state index is 0.293. The molecule has 0 saturated heterocycles. The normalized spacial score (nSPS) is 10.4. The van der Waals surface area contributed by atoms with Gasteiger partial charge >= 0.3 is 5.69 Å². The van der Waals surface area contributed by atoms with Crippen LogP contribution in [0.4, 0.5) is 0 Å². The summed E-state index contributed by atoms with van der Waals surface area (Å²) in [4.78, 5) is 35.4. The molecule has 1 aromatic heterocycles. The van der Waals surface area contributed by atoms with Crippen molar-refractivity contribution in [2.45, 2.75) is 6.54 Å². The van der Waals surface area contributed by atoms with Crippen LogP contribution in [0.15, 0.2) is 46.1 Å². The van der Waals surface area contributed by atoms with E-state index in [0.29, 0.717) is 10.6 Å². The molecule has 6 heteroatoms. The van der Waals surface area contributed by atoms with E-state index < -0.39 is 11.2 Å². The summed E-state index contributed by atoms with van der Waals surface area (Å²) in [5, 5.41) is 0.299. The molecule has 0 aliphatic heterocycles. The van der Waals surface area contributed by atoms with Gasteiger partial charge in [-0.25, -0.2) is 4.79 Å². The summed E-state index contributed by atoms with van der Waals surface area (Å²) >= 11 is 5.90. The maximum Gasteiger partial charge on any atom is 0.331 e. The van der Waals surface area contributed by atoms with E-state index in [1.165, 1.54) is 23.9 Å². The number of aromatic nitrogens is 2. The average molecular weight is 279 g/mol. The second-order valence-corrected chi connectivity index (χ2v) is 4.44. The summed E-state index contributed by atoms with van der Waals surface area (Å²) in [6.45, 7) is -0.323. The lowest BCUT2D eigenvalue weighted by molar-refractivity contribution is 0.0968. The van der Waals surface area contributed by atoms with E-state index in [2.05, 4.69) is 0 Å². The van der Waals surface area contributed by atoms with Crippen LogP contribution < -0.4 is 11.2 Å². The van der Waals surface area contributed by atoms with Gasteiger partial charge in [-0.15, -0.1) is 0 Å². The number of hydrogen-bond acceptors (Lipinski definition) is 3. The Morgan fingerprint density at radius 2 is 1.89 bits per heavy atom. The van der Waals surface area contributed by atoms with Crippen LogP contribution in [0.2, 0.25) is 5.02 Å². The minimum Gasteiger partial charge on any atom is -0.303 e. The van der Waals surface area contributed by atoms with Crippen LogP contribution in [0.3, 0.4) is 0 Å². The highest BCUT2D eigenvalue weighted by molar-refractivity contribution is 6.33. The molecule has 0 bridgehead atoms. The molecule has 0 fully saturated rings. The number of Topliss-reactive ketones (excluding diaryl/α,β-unsaturated/α-hetero) is 1. The summed E-state index contributed by atoms with van der Waals surface area (Å²) in [5.74, 6) is -0.379. The van der Waals surface area contributed by atoms with Gasteiger partial charge in [-0.05, 0) is 12.1 Å². The fourth-order valence-corrected chi connectivity index (χ4v) is 1.92. The van der Waals surface area contributed by atoms with Crippen LogP contribution in [-0.2, 0) is 13.6 Å². The van der Waals surface area contributed by atoms with Gasteiger partial charge in [0.25, 0.3) is 5.56 Å². The van der Waals surface area contributed by atoms with Gasteiger partial charge in [0.2, 0.25) is 0 Å². The molecule has 0 amide bonds. The number of carbonyl (C=O) groups is 1. The van der Waals surface area contributed by atoms with Crippen LogP contribution in [0.1, 0.15) is 10.4 Å². The number of benzene rings is 1. The summed E-state index contributed by atoms with van der Waals surface area (Å²) < 4.78 is 2.12. The van der Waals surface area contributed by atoms with E-state index in [1.54, 1.807) is 24.3 Å². The highest BCUT2D eigenvalue weighted by Gasteiger charge is 2.13. The molecule has 2 rings (SSSR count). The Morgan fingerprint density at radius 1 is 1.21 bits per heavy atom. The lowest BCUT2D eigenvalue weighted by atomic mass is 10.1. The second-order valence-electron chi connectivity index (χ2n) is 4.04. The predicted octanol–water partition coefficient (Wildman–Crippen LogP) is 1.08. The van der Waals surface area contributed by atoms with Crippen molar-refractivity contribution in [2.75, 3.05) is 0 Å². The van der Waals surface area contributed by atoms with E-state index in [1.807, 2.05) is 0 Å². The number of aryl methyl sites for hydroxylation is 1. The fourth-order valence-electron chi connectivity index (χ4n) is 1.68. The van der Waals surface area contributed by atoms with E-state index in [-0.39, 0.29) is 12.3 Å². The van der Waals surface area contributed by atoms with Crippen molar-refractivity contribution < 1.29 is 4.79 Å². The van der Waals surface area contributed by atoms with Crippen LogP contribution in [0.5, 0.6) is 0 Å². The molecule has 0 aliphatic rings. The standard InChI is InChI=1S/C13H11ClN2O3/c1-15-7-6-12(18)16(13(15)19)8-11(17)9-4-2-3-5-10(9)14/h2-7H,8H2,1H3. The number of rotatable bonds is 3. The van der Waals surface area contributed by atoms with E-state index in [9.17, 15) is 14.4 Å². The monoisotopic (exact) mass is 278 g/mol. The van der Waals surface area contributed by atoms with Crippen LogP contribution >= 0.6 is 11.6 Å². The van der Waals surface area contributed by atoms with Crippen molar-refractivity contribution in [3.8, 4) is 0 Å². The maximum atomic E-state index is 12.1. The SMILES string of the molecule is Cn1ccc(=O)n(CC(=O)c2ccccc2Cl)c1=O. The summed E-state index contributed by atoms with van der Waals surface area (Å²) in [5.41, 5.74) is -0.752. The Bertz CT molecular complexity index is 746. The topological polar surface area (TPSA) is 61.1 Å². The number of halogens is 1. The number of carbonyl (C=O) groups excluding carboxylic acids is 1. The molecular weight excluding hydrogens is 268 g/mol. The Balaban J connectivity index is 2.41. The van der Waals surface area contributed by atoms with Crippen molar-refractivity contribution >= 4 is 17.4 Å². The molecule has 1 heterocycles. The molecule has 0 atom stereocenters. The van der Waals surface area contributed by atoms with Crippen LogP contribution in [0.25, 0.3) is 0 Å². The molecular formula is C13H11ClN2O3. The lowest BCUT2D eigenvalue weighted by Crippen LogP contribution is -2.39. The fraction of sp³-hybridized carbons (Fsp3) is 0.154. The van der Waals surface area contributed by atoms with Gasteiger partial charge in [0, 0.05) is 24.9 Å². The smallest absolute Gasteiger partial charge is 0.303 e. The van der Waals surface area contributed by atoms with E-state index >= 15 is 0 Å². The first-order valence-electron chi connectivity index (χ1n) is 5.55. The van der Waals surface area contributed by atoms with Gasteiger partial charge in [-0.1, -0.05) is 23.7 Å². The van der Waals surface area contributed by atoms with Crippen molar-refractivity contribution in [1.82, 2.24) is 9.13 Å². The molecule has 19 heavy (non-hydrogen) atoms. The predicted molar refractivity (Wildman–Crippen MR) is 71.7 cm³/mol. The zero-order valence-corrected chi connectivity index (χ0v) is 10.9. The third kappa shape index (κ3) is 2.66. The second kappa shape index (κ2) is 5.24. The largest absolute Gasteiger partial charge is 0.331 e. The molecule has 0 radical (unpaired) electrons. The Morgan fingerprint density at radius 3 is 2.58 bits per heavy atom. The third-order valence-electron chi connectivity index (χ3n) is 2.72. The van der Waals surface area contributed by atoms with E-state index in [0.717, 1.165) is 4.57 Å². The van der Waals surface area contributed by atoms with Gasteiger partial charge in [-0.3, -0.25) is 14.2 Å². The van der Waals surface area contributed by atoms with Crippen LogP contribution in [-0.4, -0.2) is 14.9 Å². The first-order valence-corrected chi connectivity index (χ1v) is 5.92. The number of ketones is 1. The Kier molecular flexibility index (Phi) is 3.66. The molecule has 0 saturated carbocycles. The molecule has 0 unspecified atom stereocenters. The molecule has 5 nitrogen and oxygen atoms in total. The third-order valence-corrected chi connectivity index (χ3v) is 3.04. The summed E-state index contributed by atoms with van der Waals surface area (Å²) in [7, 11) is 1.51. The van der Waals surface area contributed by atoms with Crippen LogP contribution in [0, 0.1) is 0 Å². The van der Waals surface area contributed by atoms with Crippen molar-refractivity contribution in [3.05, 3.63) is 68.0 Å². The molecule has 2 aromatic rings. The average Bonchev–Trinajstić information content (AvgIpc) is 2.39. The summed E-state index contributed by atoms with van der Waals surface area (Å²) in [6, 6.07) is 7.75. The Labute approximate surface area is 113 Å². The Hall–Kier alpha value is -2.14. The van der Waals surface area contributed by atoms with E-state index in [4.69, 9.17) is 11.6 Å². The van der Waals surface area contributed by atoms with Crippen molar-refractivity contribution in [2.24, 2.45) is 7.05 Å². The quantitative estimate of drug-likeness (QED) is 0.790. The molecule has 0 spiro atoms. The van der Waals surface area contributed by atoms with Gasteiger partial charge < -0.3 is 4.57 Å². The van der Waals surface area contributed by atoms with Gasteiger partial charge in [-0.2, -0.15) is 0 Å². The first kappa shape index (κ1) is 13.3. The van der Waals surface area contributed by atoms with Gasteiger partial charge in [0.05, 0.1) is 11.6 Å².